The minimum atomic E-state index is -1.16. The maximum Gasteiger partial charge on any atom is 0.289 e. The lowest BCUT2D eigenvalue weighted by Crippen LogP contribution is -2.53. The van der Waals surface area contributed by atoms with Crippen LogP contribution in [-0.2, 0) is 27.3 Å². The van der Waals surface area contributed by atoms with Gasteiger partial charge in [-0.05, 0) is 42.8 Å². The van der Waals surface area contributed by atoms with Crippen molar-refractivity contribution in [3.05, 3.63) is 102 Å². The predicted molar refractivity (Wildman–Crippen MR) is 126 cm³/mol. The Bertz CT molecular complexity index is 1190. The standard InChI is InChI=1S/C26H25FN4O4/c1-17(30-25(34)19-10-7-11-20(27)15-19)24(33)31-22(14-18-8-3-2-4-9-18)23(32)26(35)29-16-21-12-5-6-13-28-21/h2-13,15,17,22H,14,16H2,1H3,(H,29,35)(H,30,34)(H,31,33)/t17-,22-/m1/s1. The Hall–Kier alpha value is -4.40. The van der Waals surface area contributed by atoms with Crippen LogP contribution in [0.5, 0.6) is 0 Å². The van der Waals surface area contributed by atoms with Crippen molar-refractivity contribution in [2.24, 2.45) is 0 Å². The number of aromatic nitrogens is 1. The second-order valence-corrected chi connectivity index (χ2v) is 7.82. The Morgan fingerprint density at radius 1 is 0.914 bits per heavy atom. The zero-order valence-electron chi connectivity index (χ0n) is 19.0. The molecule has 1 heterocycles. The molecular formula is C26H25FN4O4. The number of rotatable bonds is 10. The summed E-state index contributed by atoms with van der Waals surface area (Å²) < 4.78 is 13.4. The largest absolute Gasteiger partial charge is 0.344 e. The second kappa shape index (κ2) is 12.2. The fraction of sp³-hybridized carbons (Fsp3) is 0.192. The number of hydrogen-bond donors (Lipinski definition) is 3. The lowest BCUT2D eigenvalue weighted by Gasteiger charge is -2.21. The van der Waals surface area contributed by atoms with Crippen LogP contribution in [-0.4, -0.2) is 40.6 Å². The van der Waals surface area contributed by atoms with Gasteiger partial charge in [-0.25, -0.2) is 4.39 Å². The highest BCUT2D eigenvalue weighted by molar-refractivity contribution is 6.38. The molecule has 2 atom stereocenters. The van der Waals surface area contributed by atoms with E-state index in [1.54, 1.807) is 48.7 Å². The minimum absolute atomic E-state index is 0.0514. The highest BCUT2D eigenvalue weighted by Crippen LogP contribution is 2.07. The van der Waals surface area contributed by atoms with Gasteiger partial charge in [0.2, 0.25) is 11.7 Å². The Morgan fingerprint density at radius 2 is 1.66 bits per heavy atom. The molecule has 0 unspecified atom stereocenters. The van der Waals surface area contributed by atoms with Gasteiger partial charge in [0.15, 0.2) is 0 Å². The summed E-state index contributed by atoms with van der Waals surface area (Å²) in [5.74, 6) is -3.59. The number of halogens is 1. The molecule has 0 saturated carbocycles. The molecule has 0 aliphatic rings. The number of benzene rings is 2. The van der Waals surface area contributed by atoms with Gasteiger partial charge >= 0.3 is 0 Å². The van der Waals surface area contributed by atoms with E-state index in [9.17, 15) is 23.6 Å². The molecule has 8 nitrogen and oxygen atoms in total. The Kier molecular flexibility index (Phi) is 8.77. The van der Waals surface area contributed by atoms with E-state index in [1.165, 1.54) is 25.1 Å². The molecule has 35 heavy (non-hydrogen) atoms. The first-order chi connectivity index (χ1) is 16.8. The molecule has 0 saturated heterocycles. The Balaban J connectivity index is 1.67. The maximum absolute atomic E-state index is 13.4. The average Bonchev–Trinajstić information content (AvgIpc) is 2.87. The van der Waals surface area contributed by atoms with Crippen LogP contribution in [0.3, 0.4) is 0 Å². The van der Waals surface area contributed by atoms with Crippen molar-refractivity contribution in [3.63, 3.8) is 0 Å². The van der Waals surface area contributed by atoms with E-state index in [-0.39, 0.29) is 18.5 Å². The summed E-state index contributed by atoms with van der Waals surface area (Å²) in [5.41, 5.74) is 1.36. The fourth-order valence-corrected chi connectivity index (χ4v) is 3.25. The van der Waals surface area contributed by atoms with Crippen LogP contribution >= 0.6 is 0 Å². The molecule has 3 N–H and O–H groups in total. The second-order valence-electron chi connectivity index (χ2n) is 7.82. The lowest BCUT2D eigenvalue weighted by atomic mass is 10.0. The molecule has 0 aliphatic heterocycles. The first kappa shape index (κ1) is 25.2. The van der Waals surface area contributed by atoms with E-state index in [4.69, 9.17) is 0 Å². The molecule has 1 aromatic heterocycles. The van der Waals surface area contributed by atoms with Crippen molar-refractivity contribution < 1.29 is 23.6 Å². The molecule has 9 heteroatoms. The van der Waals surface area contributed by atoms with E-state index >= 15 is 0 Å². The van der Waals surface area contributed by atoms with Gasteiger partial charge in [-0.3, -0.25) is 24.2 Å². The summed E-state index contributed by atoms with van der Waals surface area (Å²) >= 11 is 0. The number of carbonyl (C=O) groups is 4. The third-order valence-corrected chi connectivity index (χ3v) is 5.12. The summed E-state index contributed by atoms with van der Waals surface area (Å²) in [6, 6.07) is 16.9. The van der Waals surface area contributed by atoms with Crippen molar-refractivity contribution in [1.82, 2.24) is 20.9 Å². The Morgan fingerprint density at radius 3 is 2.34 bits per heavy atom. The summed E-state index contributed by atoms with van der Waals surface area (Å²) in [6.07, 6.45) is 1.65. The van der Waals surface area contributed by atoms with Gasteiger partial charge in [-0.15, -0.1) is 0 Å². The maximum atomic E-state index is 13.4. The lowest BCUT2D eigenvalue weighted by molar-refractivity contribution is -0.140. The van der Waals surface area contributed by atoms with Gasteiger partial charge in [0.05, 0.1) is 12.2 Å². The third kappa shape index (κ3) is 7.56. The summed E-state index contributed by atoms with van der Waals surface area (Å²) in [5, 5.41) is 7.55. The average molecular weight is 477 g/mol. The molecule has 2 aromatic carbocycles. The molecular weight excluding hydrogens is 451 g/mol. The van der Waals surface area contributed by atoms with Gasteiger partial charge in [0.1, 0.15) is 17.9 Å². The first-order valence-electron chi connectivity index (χ1n) is 11.0. The number of Topliss-reactive ketones (excluding diaryl/α,β-unsaturated/α-hetero) is 1. The van der Waals surface area contributed by atoms with Crippen LogP contribution in [0.25, 0.3) is 0 Å². The molecule has 0 radical (unpaired) electrons. The van der Waals surface area contributed by atoms with Gasteiger partial charge < -0.3 is 16.0 Å². The quantitative estimate of drug-likeness (QED) is 0.387. The van der Waals surface area contributed by atoms with Crippen molar-refractivity contribution >= 4 is 23.5 Å². The molecule has 0 spiro atoms. The van der Waals surface area contributed by atoms with Crippen molar-refractivity contribution in [2.75, 3.05) is 0 Å². The van der Waals surface area contributed by atoms with Gasteiger partial charge in [0, 0.05) is 18.2 Å². The van der Waals surface area contributed by atoms with Gasteiger partial charge in [0.25, 0.3) is 11.8 Å². The first-order valence-corrected chi connectivity index (χ1v) is 11.0. The number of hydrogen-bond acceptors (Lipinski definition) is 5. The number of ketones is 1. The number of pyridine rings is 1. The number of carbonyl (C=O) groups excluding carboxylic acids is 4. The van der Waals surface area contributed by atoms with Crippen molar-refractivity contribution in [3.8, 4) is 0 Å². The molecule has 0 aliphatic carbocycles. The number of nitrogens with one attached hydrogen (secondary N) is 3. The Labute approximate surface area is 202 Å². The van der Waals surface area contributed by atoms with Gasteiger partial charge in [-0.2, -0.15) is 0 Å². The molecule has 0 bridgehead atoms. The van der Waals surface area contributed by atoms with Crippen LogP contribution in [0.2, 0.25) is 0 Å². The summed E-state index contributed by atoms with van der Waals surface area (Å²) in [4.78, 5) is 54.7. The molecule has 3 amide bonds. The SMILES string of the molecule is C[C@@H](NC(=O)c1cccc(F)c1)C(=O)N[C@H](Cc1ccccc1)C(=O)C(=O)NCc1ccccn1. The molecule has 0 fully saturated rings. The van der Waals surface area contributed by atoms with Crippen LogP contribution in [0.4, 0.5) is 4.39 Å². The van der Waals surface area contributed by atoms with E-state index in [0.717, 1.165) is 11.6 Å². The topological polar surface area (TPSA) is 117 Å². The fourth-order valence-electron chi connectivity index (χ4n) is 3.25. The minimum Gasteiger partial charge on any atom is -0.344 e. The van der Waals surface area contributed by atoms with Crippen LogP contribution in [0.1, 0.15) is 28.5 Å². The molecule has 180 valence electrons. The van der Waals surface area contributed by atoms with Gasteiger partial charge in [-0.1, -0.05) is 42.5 Å². The van der Waals surface area contributed by atoms with Crippen molar-refractivity contribution in [2.45, 2.75) is 32.0 Å². The predicted octanol–water partition coefficient (Wildman–Crippen LogP) is 1.95. The zero-order chi connectivity index (χ0) is 25.2. The van der Waals surface area contributed by atoms with E-state index in [2.05, 4.69) is 20.9 Å². The summed E-state index contributed by atoms with van der Waals surface area (Å²) in [6.45, 7) is 1.48. The third-order valence-electron chi connectivity index (χ3n) is 5.12. The van der Waals surface area contributed by atoms with E-state index in [0.29, 0.717) is 5.69 Å². The van der Waals surface area contributed by atoms with Crippen LogP contribution in [0, 0.1) is 5.82 Å². The number of amides is 3. The highest BCUT2D eigenvalue weighted by Gasteiger charge is 2.29. The van der Waals surface area contributed by atoms with E-state index < -0.39 is 41.4 Å². The number of nitrogens with zero attached hydrogens (tertiary/aromatic N) is 1. The smallest absolute Gasteiger partial charge is 0.289 e. The summed E-state index contributed by atoms with van der Waals surface area (Å²) in [7, 11) is 0. The highest BCUT2D eigenvalue weighted by atomic mass is 19.1. The zero-order valence-corrected chi connectivity index (χ0v) is 19.0. The monoisotopic (exact) mass is 476 g/mol. The van der Waals surface area contributed by atoms with E-state index in [1.807, 2.05) is 6.07 Å². The van der Waals surface area contributed by atoms with Crippen LogP contribution < -0.4 is 16.0 Å². The van der Waals surface area contributed by atoms with Crippen LogP contribution in [0.15, 0.2) is 79.0 Å². The molecule has 3 rings (SSSR count). The molecule has 3 aromatic rings. The normalized spacial score (nSPS) is 12.2. The van der Waals surface area contributed by atoms with Crippen molar-refractivity contribution in [1.29, 1.82) is 0 Å².